The van der Waals surface area contributed by atoms with Gasteiger partial charge in [0.05, 0.1) is 8.49 Å². The van der Waals surface area contributed by atoms with Gasteiger partial charge < -0.3 is 0 Å². The minimum atomic E-state index is -4.58. The maximum absolute atomic E-state index is 10.8. The van der Waals surface area contributed by atoms with E-state index in [0.29, 0.717) is 6.07 Å². The Morgan fingerprint density at radius 3 is 2.40 bits per heavy atom. The average molecular weight is 345 g/mol. The second-order valence-electron chi connectivity index (χ2n) is 2.42. The Morgan fingerprint density at radius 1 is 1.40 bits per heavy atom. The summed E-state index contributed by atoms with van der Waals surface area (Å²) in [5, 5.41) is 10.3. The predicted octanol–water partition coefficient (Wildman–Crippen LogP) is 1.33. The second-order valence-corrected chi connectivity index (χ2v) is 5.42. The highest BCUT2D eigenvalue weighted by molar-refractivity contribution is 14.1. The molecule has 1 aromatic carbocycles. The maximum atomic E-state index is 10.8. The first-order valence-electron chi connectivity index (χ1n) is 3.39. The summed E-state index contributed by atoms with van der Waals surface area (Å²) in [7, 11) is -4.58. The number of non-ortho nitro benzene ring substituents is 1. The van der Waals surface area contributed by atoms with Gasteiger partial charge in [0.2, 0.25) is 0 Å². The molecule has 0 bridgehead atoms. The van der Waals surface area contributed by atoms with Crippen LogP contribution in [0.1, 0.15) is 0 Å². The van der Waals surface area contributed by atoms with Crippen LogP contribution >= 0.6 is 21.2 Å². The van der Waals surface area contributed by atoms with Crippen LogP contribution in [-0.4, -0.2) is 17.9 Å². The van der Waals surface area contributed by atoms with Crippen molar-refractivity contribution >= 4 is 37.0 Å². The Morgan fingerprint density at radius 2 is 2.00 bits per heavy atom. The van der Waals surface area contributed by atoms with Gasteiger partial charge in [-0.3, -0.25) is 17.7 Å². The monoisotopic (exact) mass is 345 g/mol. The molecule has 7 nitrogen and oxygen atoms in total. The fourth-order valence-corrected chi connectivity index (χ4v) is 3.20. The zero-order valence-corrected chi connectivity index (χ0v) is 9.93. The molecule has 0 aliphatic carbocycles. The molecule has 0 fully saturated rings. The number of nitro benzene ring substituents is 1. The molecule has 0 amide bonds. The third kappa shape index (κ3) is 2.76. The van der Waals surface area contributed by atoms with E-state index in [2.05, 4.69) is 0 Å². The highest BCUT2D eigenvalue weighted by Gasteiger charge is 2.20. The lowest BCUT2D eigenvalue weighted by Gasteiger charge is -1.99. The number of nitrogens with zero attached hydrogens (tertiary/aromatic N) is 1. The standard InChI is InChI=1S/C6H4INO6S/c9-7-5-2-1-4(8(10)11)3-6(5)15(12,13)14/h1-3H,(H,12,13,14). The van der Waals surface area contributed by atoms with E-state index in [9.17, 15) is 21.6 Å². The number of benzene rings is 1. The van der Waals surface area contributed by atoms with E-state index >= 15 is 0 Å². The van der Waals surface area contributed by atoms with Gasteiger partial charge in [-0.15, -0.1) is 0 Å². The van der Waals surface area contributed by atoms with Crippen molar-refractivity contribution < 1.29 is 21.0 Å². The summed E-state index contributed by atoms with van der Waals surface area (Å²) in [4.78, 5) is 8.87. The van der Waals surface area contributed by atoms with Gasteiger partial charge in [0.25, 0.3) is 15.8 Å². The summed E-state index contributed by atoms with van der Waals surface area (Å²) in [5.74, 6) is 0. The minimum absolute atomic E-state index is 0.0955. The van der Waals surface area contributed by atoms with Gasteiger partial charge in [-0.05, 0) is 6.07 Å². The SMILES string of the molecule is O=Ic1ccc([N+](=O)[O-])cc1S(=O)(=O)O. The number of nitro groups is 1. The molecule has 0 saturated heterocycles. The van der Waals surface area contributed by atoms with Gasteiger partial charge in [0.15, 0.2) is 21.2 Å². The van der Waals surface area contributed by atoms with Crippen molar-refractivity contribution in [3.8, 4) is 0 Å². The van der Waals surface area contributed by atoms with Crippen LogP contribution in [0.15, 0.2) is 23.1 Å². The second kappa shape index (κ2) is 4.28. The largest absolute Gasteiger partial charge is 0.295 e. The van der Waals surface area contributed by atoms with Crippen LogP contribution in [0, 0.1) is 13.7 Å². The van der Waals surface area contributed by atoms with Gasteiger partial charge in [-0.1, -0.05) is 0 Å². The Hall–Kier alpha value is -0.940. The molecule has 0 saturated carbocycles. The Bertz CT molecular complexity index is 524. The Balaban J connectivity index is 3.52. The van der Waals surface area contributed by atoms with E-state index < -0.39 is 46.8 Å². The summed E-state index contributed by atoms with van der Waals surface area (Å²) in [5.41, 5.74) is -0.483. The topological polar surface area (TPSA) is 115 Å². The first-order chi connectivity index (χ1) is 6.86. The molecule has 82 valence electrons. The average Bonchev–Trinajstić information content (AvgIpc) is 2.15. The number of rotatable bonds is 3. The minimum Gasteiger partial charge on any atom is -0.282 e. The summed E-state index contributed by atoms with van der Waals surface area (Å²) in [6.45, 7) is 0. The van der Waals surface area contributed by atoms with E-state index in [1.807, 2.05) is 0 Å². The van der Waals surface area contributed by atoms with Crippen molar-refractivity contribution in [1.29, 1.82) is 0 Å². The normalized spacial score (nSPS) is 11.3. The van der Waals surface area contributed by atoms with Crippen molar-refractivity contribution in [2.45, 2.75) is 4.90 Å². The van der Waals surface area contributed by atoms with Crippen molar-refractivity contribution in [2.75, 3.05) is 0 Å². The first kappa shape index (κ1) is 12.1. The van der Waals surface area contributed by atoms with E-state index in [1.165, 1.54) is 0 Å². The van der Waals surface area contributed by atoms with Crippen molar-refractivity contribution in [2.24, 2.45) is 0 Å². The fraction of sp³-hybridized carbons (Fsp3) is 0. The lowest BCUT2D eigenvalue weighted by atomic mass is 10.3. The zero-order chi connectivity index (χ0) is 11.6. The molecule has 9 heteroatoms. The number of hydrogen-bond donors (Lipinski definition) is 1. The van der Waals surface area contributed by atoms with E-state index in [1.54, 1.807) is 0 Å². The third-order valence-corrected chi connectivity index (χ3v) is 4.16. The van der Waals surface area contributed by atoms with Crippen molar-refractivity contribution in [1.82, 2.24) is 0 Å². The van der Waals surface area contributed by atoms with Gasteiger partial charge in [-0.25, -0.2) is 0 Å². The van der Waals surface area contributed by atoms with Crippen LogP contribution in [-0.2, 0) is 13.2 Å². The van der Waals surface area contributed by atoms with Crippen LogP contribution in [0.25, 0.3) is 0 Å². The van der Waals surface area contributed by atoms with Crippen molar-refractivity contribution in [3.05, 3.63) is 31.9 Å². The van der Waals surface area contributed by atoms with Gasteiger partial charge >= 0.3 is 0 Å². The van der Waals surface area contributed by atoms with Crippen LogP contribution in [0.4, 0.5) is 5.69 Å². The molecule has 0 aromatic heterocycles. The molecular weight excluding hydrogens is 341 g/mol. The predicted molar refractivity (Wildman–Crippen MR) is 56.3 cm³/mol. The smallest absolute Gasteiger partial charge is 0.282 e. The molecule has 0 spiro atoms. The van der Waals surface area contributed by atoms with E-state index in [0.717, 1.165) is 12.1 Å². The van der Waals surface area contributed by atoms with Gasteiger partial charge in [0.1, 0.15) is 4.90 Å². The molecule has 0 unspecified atom stereocenters. The summed E-state index contributed by atoms with van der Waals surface area (Å²) in [6.07, 6.45) is 0. The maximum Gasteiger partial charge on any atom is 0.295 e. The molecular formula is C6H4INO6S. The fourth-order valence-electron chi connectivity index (χ4n) is 0.867. The third-order valence-electron chi connectivity index (χ3n) is 1.49. The molecule has 0 aliphatic rings. The molecule has 1 N–H and O–H groups in total. The Labute approximate surface area is 94.6 Å². The van der Waals surface area contributed by atoms with Crippen molar-refractivity contribution in [3.63, 3.8) is 0 Å². The van der Waals surface area contributed by atoms with Gasteiger partial charge in [-0.2, -0.15) is 8.42 Å². The lowest BCUT2D eigenvalue weighted by Crippen LogP contribution is -2.02. The lowest BCUT2D eigenvalue weighted by molar-refractivity contribution is -0.385. The van der Waals surface area contributed by atoms with Crippen LogP contribution in [0.3, 0.4) is 0 Å². The number of halogens is 1. The molecule has 15 heavy (non-hydrogen) atoms. The molecule has 0 radical (unpaired) electrons. The highest BCUT2D eigenvalue weighted by Crippen LogP contribution is 2.25. The Kier molecular flexibility index (Phi) is 3.46. The quantitative estimate of drug-likeness (QED) is 0.382. The molecule has 0 aliphatic heterocycles. The molecule has 0 heterocycles. The molecule has 0 atom stereocenters. The van der Waals surface area contributed by atoms with E-state index in [-0.39, 0.29) is 3.57 Å². The zero-order valence-electron chi connectivity index (χ0n) is 6.95. The van der Waals surface area contributed by atoms with E-state index in [4.69, 9.17) is 4.55 Å². The highest BCUT2D eigenvalue weighted by atomic mass is 127. The van der Waals surface area contributed by atoms with Crippen LogP contribution in [0.5, 0.6) is 0 Å². The van der Waals surface area contributed by atoms with Crippen LogP contribution in [0.2, 0.25) is 0 Å². The first-order valence-corrected chi connectivity index (χ1v) is 6.79. The van der Waals surface area contributed by atoms with Gasteiger partial charge in [0, 0.05) is 12.1 Å². The molecule has 1 rings (SSSR count). The summed E-state index contributed by atoms with van der Waals surface area (Å²) < 4.78 is 40.9. The summed E-state index contributed by atoms with van der Waals surface area (Å²) >= 11 is -1.82. The number of hydrogen-bond acceptors (Lipinski definition) is 5. The van der Waals surface area contributed by atoms with Crippen LogP contribution < -0.4 is 0 Å². The summed E-state index contributed by atoms with van der Waals surface area (Å²) in [6, 6.07) is 2.77. The molecule has 1 aromatic rings.